The Hall–Kier alpha value is -2.84. The highest BCUT2D eigenvalue weighted by atomic mass is 79.9. The van der Waals surface area contributed by atoms with Crippen LogP contribution in [0.15, 0.2) is 64.1 Å². The zero-order chi connectivity index (χ0) is 21.3. The molecule has 0 fully saturated rings. The number of fused-ring (bicyclic) bond motifs is 1. The lowest BCUT2D eigenvalue weighted by Gasteiger charge is -2.08. The van der Waals surface area contributed by atoms with Crippen molar-refractivity contribution in [3.8, 4) is 11.1 Å². The van der Waals surface area contributed by atoms with Crippen molar-refractivity contribution in [1.82, 2.24) is 9.55 Å². The summed E-state index contributed by atoms with van der Waals surface area (Å²) in [5.41, 5.74) is 2.01. The molecule has 0 bridgehead atoms. The normalized spacial score (nSPS) is 11.0. The maximum Gasteiger partial charge on any atom is 0.263 e. The number of hydrogen-bond acceptors (Lipinski definition) is 4. The number of nitrogens with one attached hydrogen (secondary N) is 1. The van der Waals surface area contributed by atoms with Crippen LogP contribution in [0.25, 0.3) is 21.3 Å². The summed E-state index contributed by atoms with van der Waals surface area (Å²) in [6.45, 7) is 1.86. The first-order chi connectivity index (χ1) is 14.5. The molecular weight excluding hydrogens is 469 g/mol. The van der Waals surface area contributed by atoms with Gasteiger partial charge in [0.1, 0.15) is 17.2 Å². The molecule has 0 saturated carbocycles. The minimum atomic E-state index is -0.388. The predicted octanol–water partition coefficient (Wildman–Crippen LogP) is 5.23. The van der Waals surface area contributed by atoms with Crippen molar-refractivity contribution in [1.29, 1.82) is 0 Å². The first kappa shape index (κ1) is 20.4. The number of aryl methyl sites for hydroxylation is 1. The third-order valence-electron chi connectivity index (χ3n) is 4.65. The fraction of sp³-hybridized carbons (Fsp3) is 0.136. The molecule has 2 heterocycles. The summed E-state index contributed by atoms with van der Waals surface area (Å²) in [4.78, 5) is 31.8. The second-order valence-corrected chi connectivity index (χ2v) is 8.67. The van der Waals surface area contributed by atoms with Gasteiger partial charge in [-0.3, -0.25) is 14.2 Å². The van der Waals surface area contributed by atoms with Crippen molar-refractivity contribution >= 4 is 49.1 Å². The number of benzene rings is 2. The molecule has 152 valence electrons. The number of rotatable bonds is 5. The van der Waals surface area contributed by atoms with Gasteiger partial charge in [-0.05, 0) is 48.4 Å². The van der Waals surface area contributed by atoms with E-state index in [2.05, 4.69) is 26.2 Å². The quantitative estimate of drug-likeness (QED) is 0.421. The summed E-state index contributed by atoms with van der Waals surface area (Å²) in [6, 6.07) is 13.2. The van der Waals surface area contributed by atoms with Crippen molar-refractivity contribution < 1.29 is 9.18 Å². The molecule has 4 rings (SSSR count). The standard InChI is InChI=1S/C22H17BrFN3O2S/c1-2-17-19(13-3-5-14(23)6-4-13)20-21(30-17)25-12-27(22(20)29)11-18(28)26-16-9-7-15(24)8-10-16/h3-10,12H,2,11H2,1H3,(H,26,28). The van der Waals surface area contributed by atoms with Crippen LogP contribution in [0.5, 0.6) is 0 Å². The number of nitrogens with zero attached hydrogens (tertiary/aromatic N) is 2. The third-order valence-corrected chi connectivity index (χ3v) is 6.42. The first-order valence-electron chi connectivity index (χ1n) is 9.28. The van der Waals surface area contributed by atoms with Gasteiger partial charge < -0.3 is 5.32 Å². The minimum absolute atomic E-state index is 0.184. The summed E-state index contributed by atoms with van der Waals surface area (Å²) in [5, 5.41) is 3.19. The lowest BCUT2D eigenvalue weighted by atomic mass is 10.0. The lowest BCUT2D eigenvalue weighted by molar-refractivity contribution is -0.116. The van der Waals surface area contributed by atoms with Crippen LogP contribution in [-0.2, 0) is 17.8 Å². The van der Waals surface area contributed by atoms with Gasteiger partial charge in [-0.25, -0.2) is 9.37 Å². The van der Waals surface area contributed by atoms with Crippen molar-refractivity contribution in [3.05, 3.63) is 80.4 Å². The molecule has 4 aromatic rings. The summed E-state index contributed by atoms with van der Waals surface area (Å²) in [5.74, 6) is -0.774. The van der Waals surface area contributed by atoms with Gasteiger partial charge in [-0.1, -0.05) is 35.0 Å². The van der Waals surface area contributed by atoms with Gasteiger partial charge in [0.05, 0.1) is 11.7 Å². The van der Waals surface area contributed by atoms with Gasteiger partial charge in [0.15, 0.2) is 0 Å². The van der Waals surface area contributed by atoms with E-state index in [9.17, 15) is 14.0 Å². The Labute approximate surface area is 184 Å². The highest BCUT2D eigenvalue weighted by Crippen LogP contribution is 2.36. The van der Waals surface area contributed by atoms with Crippen LogP contribution in [0.3, 0.4) is 0 Å². The van der Waals surface area contributed by atoms with Crippen LogP contribution < -0.4 is 10.9 Å². The van der Waals surface area contributed by atoms with Crippen LogP contribution in [0.2, 0.25) is 0 Å². The Kier molecular flexibility index (Phi) is 5.78. The molecule has 0 aliphatic carbocycles. The molecule has 0 aliphatic rings. The van der Waals surface area contributed by atoms with Gasteiger partial charge in [0.25, 0.3) is 5.56 Å². The van der Waals surface area contributed by atoms with E-state index in [1.54, 1.807) is 0 Å². The Bertz CT molecular complexity index is 1280. The Balaban J connectivity index is 1.71. The highest BCUT2D eigenvalue weighted by Gasteiger charge is 2.19. The van der Waals surface area contributed by atoms with Crippen LogP contribution >= 0.6 is 27.3 Å². The average Bonchev–Trinajstić information content (AvgIpc) is 3.12. The van der Waals surface area contributed by atoms with E-state index in [-0.39, 0.29) is 23.8 Å². The lowest BCUT2D eigenvalue weighted by Crippen LogP contribution is -2.27. The van der Waals surface area contributed by atoms with Gasteiger partial charge >= 0.3 is 0 Å². The molecule has 0 aliphatic heterocycles. The largest absolute Gasteiger partial charge is 0.325 e. The molecule has 1 amide bonds. The van der Waals surface area contributed by atoms with Crippen LogP contribution in [0, 0.1) is 5.82 Å². The number of anilines is 1. The zero-order valence-electron chi connectivity index (χ0n) is 16.0. The molecular formula is C22H17BrFN3O2S. The number of carbonyl (C=O) groups excluding carboxylic acids is 1. The first-order valence-corrected chi connectivity index (χ1v) is 10.9. The molecule has 5 nitrogen and oxygen atoms in total. The predicted molar refractivity (Wildman–Crippen MR) is 121 cm³/mol. The molecule has 8 heteroatoms. The molecule has 0 saturated heterocycles. The van der Waals surface area contributed by atoms with Gasteiger partial charge in [-0.2, -0.15) is 0 Å². The van der Waals surface area contributed by atoms with E-state index < -0.39 is 0 Å². The molecule has 1 N–H and O–H groups in total. The van der Waals surface area contributed by atoms with E-state index >= 15 is 0 Å². The molecule has 30 heavy (non-hydrogen) atoms. The van der Waals surface area contributed by atoms with Gasteiger partial charge in [-0.15, -0.1) is 11.3 Å². The molecule has 0 radical (unpaired) electrons. The molecule has 0 atom stereocenters. The summed E-state index contributed by atoms with van der Waals surface area (Å²) >= 11 is 4.93. The van der Waals surface area contributed by atoms with E-state index in [0.717, 1.165) is 26.9 Å². The monoisotopic (exact) mass is 485 g/mol. The zero-order valence-corrected chi connectivity index (χ0v) is 18.4. The van der Waals surface area contributed by atoms with Crippen molar-refractivity contribution in [2.24, 2.45) is 0 Å². The summed E-state index contributed by atoms with van der Waals surface area (Å²) in [7, 11) is 0. The number of hydrogen-bond donors (Lipinski definition) is 1. The maximum absolute atomic E-state index is 13.2. The maximum atomic E-state index is 13.2. The Morgan fingerprint density at radius 3 is 2.53 bits per heavy atom. The average molecular weight is 486 g/mol. The van der Waals surface area contributed by atoms with Gasteiger partial charge in [0, 0.05) is 20.6 Å². The number of thiophene rings is 1. The van der Waals surface area contributed by atoms with Crippen molar-refractivity contribution in [2.45, 2.75) is 19.9 Å². The molecule has 0 unspecified atom stereocenters. The SMILES string of the molecule is CCc1sc2ncn(CC(=O)Nc3ccc(F)cc3)c(=O)c2c1-c1ccc(Br)cc1. The highest BCUT2D eigenvalue weighted by molar-refractivity contribution is 9.10. The number of amides is 1. The van der Waals surface area contributed by atoms with Crippen molar-refractivity contribution in [3.63, 3.8) is 0 Å². The number of halogens is 2. The number of aromatic nitrogens is 2. The minimum Gasteiger partial charge on any atom is -0.325 e. The fourth-order valence-corrected chi connectivity index (χ4v) is 4.60. The van der Waals surface area contributed by atoms with Crippen LogP contribution in [0.1, 0.15) is 11.8 Å². The van der Waals surface area contributed by atoms with Crippen LogP contribution in [-0.4, -0.2) is 15.5 Å². The Morgan fingerprint density at radius 2 is 1.87 bits per heavy atom. The second kappa shape index (κ2) is 8.49. The molecule has 2 aromatic carbocycles. The van der Waals surface area contributed by atoms with E-state index in [0.29, 0.717) is 15.9 Å². The van der Waals surface area contributed by atoms with E-state index in [1.165, 1.54) is 46.5 Å². The van der Waals surface area contributed by atoms with Crippen molar-refractivity contribution in [2.75, 3.05) is 5.32 Å². The molecule has 0 spiro atoms. The van der Waals surface area contributed by atoms with E-state index in [1.807, 2.05) is 31.2 Å². The smallest absolute Gasteiger partial charge is 0.263 e. The topological polar surface area (TPSA) is 64.0 Å². The fourth-order valence-electron chi connectivity index (χ4n) is 3.24. The second-order valence-electron chi connectivity index (χ2n) is 6.67. The van der Waals surface area contributed by atoms with Crippen LogP contribution in [0.4, 0.5) is 10.1 Å². The third kappa shape index (κ3) is 4.06. The molecule has 2 aromatic heterocycles. The number of carbonyl (C=O) groups is 1. The Morgan fingerprint density at radius 1 is 1.17 bits per heavy atom. The summed E-state index contributed by atoms with van der Waals surface area (Å²) < 4.78 is 15.3. The van der Waals surface area contributed by atoms with E-state index in [4.69, 9.17) is 0 Å². The van der Waals surface area contributed by atoms with Gasteiger partial charge in [0.2, 0.25) is 5.91 Å². The summed E-state index contributed by atoms with van der Waals surface area (Å²) in [6.07, 6.45) is 2.17.